The van der Waals surface area contributed by atoms with Gasteiger partial charge in [0.1, 0.15) is 0 Å². The number of urea groups is 1. The molecule has 7 nitrogen and oxygen atoms in total. The Hall–Kier alpha value is -2.57. The summed E-state index contributed by atoms with van der Waals surface area (Å²) in [5.74, 6) is -0.372. The standard InChI is InChI=1S/C22H31N3O4/c1-16-7-5-6-10-19(16)24-20(26)15-29-21(27)17-11-13-25(14-12-17)22(28)23-18-8-3-2-4-9-18/h2-4,8-9,16-17,19H,5-7,10-15H2,1H3,(H,23,28)(H,24,26)/t16-,19-/m1/s1. The molecule has 0 radical (unpaired) electrons. The number of likely N-dealkylation sites (tertiary alicyclic amines) is 1. The minimum atomic E-state index is -0.347. The van der Waals surface area contributed by atoms with Gasteiger partial charge in [-0.05, 0) is 43.7 Å². The Bertz CT molecular complexity index is 701. The highest BCUT2D eigenvalue weighted by atomic mass is 16.5. The fraction of sp³-hybridized carbons (Fsp3) is 0.591. The number of anilines is 1. The first-order valence-corrected chi connectivity index (χ1v) is 10.6. The number of piperidine rings is 1. The molecule has 1 aliphatic carbocycles. The number of carbonyl (C=O) groups excluding carboxylic acids is 3. The van der Waals surface area contributed by atoms with Gasteiger partial charge in [0.05, 0.1) is 5.92 Å². The highest BCUT2D eigenvalue weighted by Gasteiger charge is 2.29. The van der Waals surface area contributed by atoms with Crippen LogP contribution < -0.4 is 10.6 Å². The molecule has 2 N–H and O–H groups in total. The molecule has 1 saturated heterocycles. The molecule has 158 valence electrons. The third-order valence-corrected chi connectivity index (χ3v) is 5.94. The van der Waals surface area contributed by atoms with E-state index in [9.17, 15) is 14.4 Å². The molecule has 7 heteroatoms. The first kappa shape index (κ1) is 21.1. The number of hydrogen-bond donors (Lipinski definition) is 2. The molecular formula is C22H31N3O4. The summed E-state index contributed by atoms with van der Waals surface area (Å²) in [5.41, 5.74) is 0.748. The predicted octanol–water partition coefficient (Wildman–Crippen LogP) is 3.17. The lowest BCUT2D eigenvalue weighted by Gasteiger charge is -2.31. The van der Waals surface area contributed by atoms with Crippen molar-refractivity contribution < 1.29 is 19.1 Å². The molecule has 1 heterocycles. The number of amides is 3. The number of hydrogen-bond acceptors (Lipinski definition) is 4. The fourth-order valence-electron chi connectivity index (χ4n) is 4.08. The molecule has 29 heavy (non-hydrogen) atoms. The number of para-hydroxylation sites is 1. The van der Waals surface area contributed by atoms with Crippen molar-refractivity contribution in [3.63, 3.8) is 0 Å². The lowest BCUT2D eigenvalue weighted by atomic mass is 9.86. The van der Waals surface area contributed by atoms with E-state index in [2.05, 4.69) is 17.6 Å². The van der Waals surface area contributed by atoms with E-state index in [-0.39, 0.29) is 36.5 Å². The van der Waals surface area contributed by atoms with Crippen molar-refractivity contribution in [3.8, 4) is 0 Å². The lowest BCUT2D eigenvalue weighted by Crippen LogP contribution is -2.44. The predicted molar refractivity (Wildman–Crippen MR) is 110 cm³/mol. The van der Waals surface area contributed by atoms with Gasteiger partial charge in [-0.15, -0.1) is 0 Å². The van der Waals surface area contributed by atoms with Gasteiger partial charge < -0.3 is 20.3 Å². The maximum atomic E-state index is 12.3. The minimum Gasteiger partial charge on any atom is -0.455 e. The van der Waals surface area contributed by atoms with Crippen LogP contribution in [0.25, 0.3) is 0 Å². The van der Waals surface area contributed by atoms with Gasteiger partial charge >= 0.3 is 12.0 Å². The zero-order chi connectivity index (χ0) is 20.6. The van der Waals surface area contributed by atoms with E-state index < -0.39 is 0 Å². The van der Waals surface area contributed by atoms with Crippen LogP contribution in [-0.4, -0.2) is 48.5 Å². The van der Waals surface area contributed by atoms with Gasteiger partial charge in [-0.1, -0.05) is 38.0 Å². The van der Waals surface area contributed by atoms with Crippen LogP contribution in [0.2, 0.25) is 0 Å². The number of nitrogens with zero attached hydrogens (tertiary/aromatic N) is 1. The second kappa shape index (κ2) is 10.3. The van der Waals surface area contributed by atoms with Crippen molar-refractivity contribution in [1.29, 1.82) is 0 Å². The normalized spacial score (nSPS) is 22.6. The van der Waals surface area contributed by atoms with Crippen LogP contribution in [0.5, 0.6) is 0 Å². The van der Waals surface area contributed by atoms with E-state index in [4.69, 9.17) is 4.74 Å². The van der Waals surface area contributed by atoms with Crippen molar-refractivity contribution in [1.82, 2.24) is 10.2 Å². The maximum absolute atomic E-state index is 12.3. The average Bonchev–Trinajstić information content (AvgIpc) is 2.74. The van der Waals surface area contributed by atoms with Crippen molar-refractivity contribution in [2.45, 2.75) is 51.5 Å². The summed E-state index contributed by atoms with van der Waals surface area (Å²) in [7, 11) is 0. The summed E-state index contributed by atoms with van der Waals surface area (Å²) in [4.78, 5) is 38.4. The molecular weight excluding hydrogens is 370 g/mol. The smallest absolute Gasteiger partial charge is 0.321 e. The Labute approximate surface area is 172 Å². The third kappa shape index (κ3) is 6.21. The molecule has 2 atom stereocenters. The van der Waals surface area contributed by atoms with E-state index in [1.54, 1.807) is 4.90 Å². The highest BCUT2D eigenvalue weighted by Crippen LogP contribution is 2.24. The summed E-state index contributed by atoms with van der Waals surface area (Å²) in [6, 6.07) is 9.31. The molecule has 2 fully saturated rings. The van der Waals surface area contributed by atoms with Crippen LogP contribution in [0.4, 0.5) is 10.5 Å². The molecule has 1 aromatic rings. The van der Waals surface area contributed by atoms with Gasteiger partial charge in [-0.3, -0.25) is 9.59 Å². The zero-order valence-electron chi connectivity index (χ0n) is 17.1. The van der Waals surface area contributed by atoms with E-state index in [0.717, 1.165) is 24.9 Å². The Morgan fingerprint density at radius 3 is 2.41 bits per heavy atom. The lowest BCUT2D eigenvalue weighted by molar-refractivity contribution is -0.154. The Morgan fingerprint density at radius 1 is 1.03 bits per heavy atom. The molecule has 3 rings (SSSR count). The second-order valence-electron chi connectivity index (χ2n) is 8.10. The number of benzene rings is 1. The molecule has 2 aliphatic rings. The van der Waals surface area contributed by atoms with Crippen molar-refractivity contribution >= 4 is 23.6 Å². The third-order valence-electron chi connectivity index (χ3n) is 5.94. The largest absolute Gasteiger partial charge is 0.455 e. The summed E-state index contributed by atoms with van der Waals surface area (Å²) < 4.78 is 5.24. The van der Waals surface area contributed by atoms with Crippen LogP contribution in [0, 0.1) is 11.8 Å². The summed E-state index contributed by atoms with van der Waals surface area (Å²) >= 11 is 0. The van der Waals surface area contributed by atoms with Crippen LogP contribution in [0.1, 0.15) is 45.4 Å². The topological polar surface area (TPSA) is 87.7 Å². The first-order valence-electron chi connectivity index (χ1n) is 10.6. The van der Waals surface area contributed by atoms with E-state index in [1.807, 2.05) is 30.3 Å². The van der Waals surface area contributed by atoms with E-state index in [0.29, 0.717) is 31.8 Å². The molecule has 0 spiro atoms. The Kier molecular flexibility index (Phi) is 7.49. The van der Waals surface area contributed by atoms with Crippen LogP contribution in [0.15, 0.2) is 30.3 Å². The van der Waals surface area contributed by atoms with Crippen molar-refractivity contribution in [2.75, 3.05) is 25.0 Å². The molecule has 0 aromatic heterocycles. The van der Waals surface area contributed by atoms with Crippen molar-refractivity contribution in [3.05, 3.63) is 30.3 Å². The van der Waals surface area contributed by atoms with Crippen LogP contribution in [-0.2, 0) is 14.3 Å². The average molecular weight is 402 g/mol. The van der Waals surface area contributed by atoms with Gasteiger partial charge in [-0.25, -0.2) is 4.79 Å². The van der Waals surface area contributed by atoms with Gasteiger partial charge in [0.25, 0.3) is 5.91 Å². The zero-order valence-corrected chi connectivity index (χ0v) is 17.1. The van der Waals surface area contributed by atoms with Gasteiger partial charge in [0.15, 0.2) is 6.61 Å². The molecule has 0 unspecified atom stereocenters. The van der Waals surface area contributed by atoms with Crippen LogP contribution >= 0.6 is 0 Å². The minimum absolute atomic E-state index is 0.163. The summed E-state index contributed by atoms with van der Waals surface area (Å²) in [6.45, 7) is 2.91. The van der Waals surface area contributed by atoms with E-state index >= 15 is 0 Å². The maximum Gasteiger partial charge on any atom is 0.321 e. The van der Waals surface area contributed by atoms with Crippen LogP contribution in [0.3, 0.4) is 0 Å². The molecule has 0 bridgehead atoms. The monoisotopic (exact) mass is 401 g/mol. The molecule has 1 aliphatic heterocycles. The number of rotatable bonds is 5. The number of carbonyl (C=O) groups is 3. The van der Waals surface area contributed by atoms with Crippen molar-refractivity contribution in [2.24, 2.45) is 11.8 Å². The molecule has 1 aromatic carbocycles. The first-order chi connectivity index (χ1) is 14.0. The number of nitrogens with one attached hydrogen (secondary N) is 2. The SMILES string of the molecule is C[C@@H]1CCCC[C@H]1NC(=O)COC(=O)C1CCN(C(=O)Nc2ccccc2)CC1. The Balaban J connectivity index is 1.36. The molecule has 1 saturated carbocycles. The highest BCUT2D eigenvalue weighted by molar-refractivity contribution is 5.89. The molecule has 3 amide bonds. The second-order valence-corrected chi connectivity index (χ2v) is 8.10. The Morgan fingerprint density at radius 2 is 1.72 bits per heavy atom. The number of esters is 1. The van der Waals surface area contributed by atoms with Gasteiger partial charge in [0, 0.05) is 24.8 Å². The van der Waals surface area contributed by atoms with Gasteiger partial charge in [-0.2, -0.15) is 0 Å². The fourth-order valence-corrected chi connectivity index (χ4v) is 4.08. The summed E-state index contributed by atoms with van der Waals surface area (Å²) in [6.07, 6.45) is 5.55. The summed E-state index contributed by atoms with van der Waals surface area (Å²) in [5, 5.41) is 5.85. The van der Waals surface area contributed by atoms with Gasteiger partial charge in [0.2, 0.25) is 0 Å². The number of ether oxygens (including phenoxy) is 1. The quantitative estimate of drug-likeness (QED) is 0.742. The van der Waals surface area contributed by atoms with E-state index in [1.165, 1.54) is 6.42 Å².